The smallest absolute Gasteiger partial charge is 0.244 e. The first-order chi connectivity index (χ1) is 14.5. The van der Waals surface area contributed by atoms with E-state index in [2.05, 4.69) is 41.2 Å². The van der Waals surface area contributed by atoms with Crippen LogP contribution in [0.1, 0.15) is 32.4 Å². The van der Waals surface area contributed by atoms with Crippen molar-refractivity contribution in [3.8, 4) is 0 Å². The van der Waals surface area contributed by atoms with Crippen molar-refractivity contribution in [2.75, 3.05) is 0 Å². The zero-order valence-corrected chi connectivity index (χ0v) is 15.0. The third kappa shape index (κ3) is 3.52. The maximum atomic E-state index is 12.1. The van der Waals surface area contributed by atoms with Crippen molar-refractivity contribution in [1.82, 2.24) is 41.2 Å². The van der Waals surface area contributed by atoms with Gasteiger partial charge in [-0.15, -0.1) is 20.4 Å². The van der Waals surface area contributed by atoms with Crippen LogP contribution in [0.15, 0.2) is 48.6 Å². The Labute approximate surface area is 166 Å². The van der Waals surface area contributed by atoms with Crippen molar-refractivity contribution < 1.29 is 19.8 Å². The van der Waals surface area contributed by atoms with Crippen LogP contribution in [0.4, 0.5) is 0 Å². The van der Waals surface area contributed by atoms with Gasteiger partial charge in [-0.25, -0.2) is 0 Å². The predicted octanol–water partition coefficient (Wildman–Crippen LogP) is 1.43. The van der Waals surface area contributed by atoms with Crippen molar-refractivity contribution in [2.45, 2.75) is 0 Å². The van der Waals surface area contributed by atoms with Gasteiger partial charge in [0.05, 0.1) is 0 Å². The average molecular weight is 404 g/mol. The van der Waals surface area contributed by atoms with Gasteiger partial charge in [0.2, 0.25) is 23.2 Å². The van der Waals surface area contributed by atoms with Gasteiger partial charge in [-0.1, -0.05) is 36.4 Å². The van der Waals surface area contributed by atoms with E-state index in [1.165, 1.54) is 0 Å². The van der Waals surface area contributed by atoms with Gasteiger partial charge in [-0.05, 0) is 21.2 Å². The first-order valence-electron chi connectivity index (χ1n) is 8.44. The van der Waals surface area contributed by atoms with E-state index in [1.54, 1.807) is 36.4 Å². The summed E-state index contributed by atoms with van der Waals surface area (Å²) in [5.74, 6) is -2.30. The second kappa shape index (κ2) is 7.71. The van der Waals surface area contributed by atoms with Crippen LogP contribution in [-0.2, 0) is 0 Å². The summed E-state index contributed by atoms with van der Waals surface area (Å²) < 4.78 is 0. The topological polar surface area (TPSA) is 184 Å². The highest BCUT2D eigenvalue weighted by molar-refractivity contribution is 6.09. The number of H-pyrrole nitrogens is 2. The molecule has 4 N–H and O–H groups in total. The first-order valence-corrected chi connectivity index (χ1v) is 8.44. The Hall–Kier alpha value is -4.74. The summed E-state index contributed by atoms with van der Waals surface area (Å²) >= 11 is 0. The summed E-state index contributed by atoms with van der Waals surface area (Å²) in [6, 6.07) is 9.88. The summed E-state index contributed by atoms with van der Waals surface area (Å²) in [6.07, 6.45) is 1.95. The molecular formula is C18H12N8O4. The number of benzene rings is 2. The molecule has 0 spiro atoms. The molecule has 2 aromatic carbocycles. The number of allylic oxidation sites excluding steroid dienone is 2. The normalized spacial score (nSPS) is 12.3. The Kier molecular flexibility index (Phi) is 4.78. The second-order valence-corrected chi connectivity index (χ2v) is 5.96. The molecule has 4 aromatic rings. The number of hydrogen-bond acceptors (Lipinski definition) is 10. The van der Waals surface area contributed by atoms with Crippen LogP contribution < -0.4 is 0 Å². The molecule has 0 amide bonds. The SMILES string of the molecule is O=C(/C=C(\O)c1cccc2c(/C(O)=C/C(=O)c3nn[nH]n3)cccc12)c1nn[nH]n1. The van der Waals surface area contributed by atoms with Crippen LogP contribution in [0.2, 0.25) is 0 Å². The second-order valence-electron chi connectivity index (χ2n) is 5.96. The fraction of sp³-hybridized carbons (Fsp3) is 0. The van der Waals surface area contributed by atoms with Gasteiger partial charge in [-0.2, -0.15) is 10.4 Å². The van der Waals surface area contributed by atoms with Crippen LogP contribution >= 0.6 is 0 Å². The molecule has 0 unspecified atom stereocenters. The third-order valence-corrected chi connectivity index (χ3v) is 4.14. The molecule has 0 fully saturated rings. The van der Waals surface area contributed by atoms with Gasteiger partial charge >= 0.3 is 0 Å². The van der Waals surface area contributed by atoms with Crippen LogP contribution in [0, 0.1) is 0 Å². The Morgan fingerprint density at radius 2 is 1.17 bits per heavy atom. The summed E-state index contributed by atoms with van der Waals surface area (Å²) in [7, 11) is 0. The molecule has 0 saturated heterocycles. The Balaban J connectivity index is 1.75. The highest BCUT2D eigenvalue weighted by Gasteiger charge is 2.15. The van der Waals surface area contributed by atoms with Gasteiger partial charge in [0.25, 0.3) is 0 Å². The van der Waals surface area contributed by atoms with E-state index < -0.39 is 11.6 Å². The largest absolute Gasteiger partial charge is 0.507 e. The fourth-order valence-corrected chi connectivity index (χ4v) is 2.82. The number of nitrogens with zero attached hydrogens (tertiary/aromatic N) is 6. The standard InChI is InChI=1S/C18H12N8O4/c27-13(7-15(29)17-19-23-24-20-17)11-5-1-3-9-10(11)4-2-6-12(9)14(28)8-16(30)18-21-25-26-22-18/h1-8,27-28H,(H,19,20,23,24)(H,21,22,25,26)/b13-7-,14-8-. The van der Waals surface area contributed by atoms with Crippen molar-refractivity contribution in [2.24, 2.45) is 0 Å². The molecule has 30 heavy (non-hydrogen) atoms. The first kappa shape index (κ1) is 18.6. The fourth-order valence-electron chi connectivity index (χ4n) is 2.82. The van der Waals surface area contributed by atoms with Gasteiger partial charge < -0.3 is 10.2 Å². The molecule has 0 radical (unpaired) electrons. The number of nitrogens with one attached hydrogen (secondary N) is 2. The van der Waals surface area contributed by atoms with Gasteiger partial charge in [0.1, 0.15) is 11.5 Å². The summed E-state index contributed by atoms with van der Waals surface area (Å²) in [5.41, 5.74) is 0.673. The minimum Gasteiger partial charge on any atom is -0.507 e. The van der Waals surface area contributed by atoms with Crippen molar-refractivity contribution >= 4 is 33.9 Å². The molecule has 0 aliphatic carbocycles. The van der Waals surface area contributed by atoms with Crippen molar-refractivity contribution in [3.05, 3.63) is 71.3 Å². The lowest BCUT2D eigenvalue weighted by molar-refractivity contribution is 0.102. The summed E-state index contributed by atoms with van der Waals surface area (Å²) in [5, 5.41) is 47.2. The minimum atomic E-state index is -0.636. The van der Waals surface area contributed by atoms with Crippen LogP contribution in [-0.4, -0.2) is 63.0 Å². The maximum absolute atomic E-state index is 12.1. The maximum Gasteiger partial charge on any atom is 0.244 e. The quantitative estimate of drug-likeness (QED) is 0.208. The zero-order valence-electron chi connectivity index (χ0n) is 15.0. The molecule has 0 bridgehead atoms. The number of aliphatic hydroxyl groups is 2. The Bertz CT molecular complexity index is 1190. The van der Waals surface area contributed by atoms with Crippen LogP contribution in [0.5, 0.6) is 0 Å². The number of aromatic amines is 2. The monoisotopic (exact) mass is 404 g/mol. The minimum absolute atomic E-state index is 0.192. The molecular weight excluding hydrogens is 392 g/mol. The lowest BCUT2D eigenvalue weighted by Gasteiger charge is -2.10. The Morgan fingerprint density at radius 1 is 0.733 bits per heavy atom. The molecule has 12 heteroatoms. The Morgan fingerprint density at radius 3 is 1.53 bits per heavy atom. The summed E-state index contributed by atoms with van der Waals surface area (Å²) in [4.78, 5) is 24.2. The molecule has 0 atom stereocenters. The molecule has 0 aliphatic heterocycles. The van der Waals surface area contributed by atoms with E-state index >= 15 is 0 Å². The van der Waals surface area contributed by atoms with E-state index in [4.69, 9.17) is 0 Å². The number of ketones is 2. The number of aliphatic hydroxyl groups excluding tert-OH is 2. The molecule has 2 heterocycles. The number of rotatable bonds is 6. The molecule has 0 aliphatic rings. The third-order valence-electron chi connectivity index (χ3n) is 4.14. The van der Waals surface area contributed by atoms with Crippen LogP contribution in [0.25, 0.3) is 22.3 Å². The molecule has 148 valence electrons. The summed E-state index contributed by atoms with van der Waals surface area (Å²) in [6.45, 7) is 0. The number of aromatic nitrogens is 8. The molecule has 0 saturated carbocycles. The lowest BCUT2D eigenvalue weighted by atomic mass is 9.97. The average Bonchev–Trinajstić information content (AvgIpc) is 3.47. The molecule has 12 nitrogen and oxygen atoms in total. The number of fused-ring (bicyclic) bond motifs is 1. The van der Waals surface area contributed by atoms with Crippen molar-refractivity contribution in [3.63, 3.8) is 0 Å². The van der Waals surface area contributed by atoms with Gasteiger partial charge in [0.15, 0.2) is 0 Å². The van der Waals surface area contributed by atoms with E-state index in [-0.39, 0.29) is 23.2 Å². The van der Waals surface area contributed by atoms with E-state index in [0.717, 1.165) is 12.2 Å². The number of hydrogen-bond donors (Lipinski definition) is 4. The van der Waals surface area contributed by atoms with Gasteiger partial charge in [-0.3, -0.25) is 9.59 Å². The van der Waals surface area contributed by atoms with E-state index in [0.29, 0.717) is 21.9 Å². The van der Waals surface area contributed by atoms with E-state index in [1.807, 2.05) is 0 Å². The van der Waals surface area contributed by atoms with Crippen LogP contribution in [0.3, 0.4) is 0 Å². The number of carbonyl (C=O) groups is 2. The highest BCUT2D eigenvalue weighted by Crippen LogP contribution is 2.29. The highest BCUT2D eigenvalue weighted by atomic mass is 16.3. The zero-order chi connectivity index (χ0) is 21.1. The molecule has 2 aromatic heterocycles. The molecule has 4 rings (SSSR count). The number of carbonyl (C=O) groups excluding carboxylic acids is 2. The predicted molar refractivity (Wildman–Crippen MR) is 102 cm³/mol. The number of tetrazole rings is 2. The van der Waals surface area contributed by atoms with Gasteiger partial charge in [0, 0.05) is 23.3 Å². The van der Waals surface area contributed by atoms with Crippen molar-refractivity contribution in [1.29, 1.82) is 0 Å². The van der Waals surface area contributed by atoms with E-state index in [9.17, 15) is 19.8 Å². The lowest BCUT2D eigenvalue weighted by Crippen LogP contribution is -2.01.